The smallest absolute Gasteiger partial charge is 0.148 e. The normalized spacial score (nSPS) is 10.3. The van der Waals surface area contributed by atoms with Gasteiger partial charge >= 0.3 is 0 Å². The number of pyridine rings is 1. The first-order valence-corrected chi connectivity index (χ1v) is 6.75. The van der Waals surface area contributed by atoms with Crippen LogP contribution in [0, 0.1) is 11.3 Å². The van der Waals surface area contributed by atoms with Crippen LogP contribution >= 0.6 is 11.6 Å². The predicted molar refractivity (Wildman–Crippen MR) is 83.5 cm³/mol. The zero-order valence-corrected chi connectivity index (χ0v) is 12.1. The number of fused-ring (bicyclic) bond motifs is 1. The van der Waals surface area contributed by atoms with E-state index in [1.54, 1.807) is 7.11 Å². The number of rotatable bonds is 2. The quantitative estimate of drug-likeness (QED) is 0.657. The van der Waals surface area contributed by atoms with Crippen LogP contribution in [0.2, 0.25) is 5.15 Å². The highest BCUT2D eigenvalue weighted by Gasteiger charge is 2.15. The minimum absolute atomic E-state index is 0.217. The number of ether oxygens (including phenoxy) is 1. The van der Waals surface area contributed by atoms with Crippen molar-refractivity contribution in [1.82, 2.24) is 4.98 Å². The van der Waals surface area contributed by atoms with Crippen LogP contribution < -0.4 is 4.74 Å². The topological polar surface area (TPSA) is 45.9 Å². The zero-order chi connectivity index (χ0) is 14.8. The summed E-state index contributed by atoms with van der Waals surface area (Å²) in [5.41, 5.74) is 2.82. The van der Waals surface area contributed by atoms with Gasteiger partial charge in [0, 0.05) is 10.9 Å². The van der Waals surface area contributed by atoms with Gasteiger partial charge in [0.05, 0.1) is 18.2 Å². The van der Waals surface area contributed by atoms with Crippen molar-refractivity contribution in [2.24, 2.45) is 0 Å². The molecule has 0 bridgehead atoms. The van der Waals surface area contributed by atoms with Gasteiger partial charge in [0.2, 0.25) is 0 Å². The molecule has 3 nitrogen and oxygen atoms in total. The van der Waals surface area contributed by atoms with Gasteiger partial charge in [-0.15, -0.1) is 0 Å². The molecule has 102 valence electrons. The van der Waals surface area contributed by atoms with Crippen LogP contribution in [-0.4, -0.2) is 12.1 Å². The van der Waals surface area contributed by atoms with E-state index in [9.17, 15) is 5.26 Å². The average Bonchev–Trinajstić information content (AvgIpc) is 2.54. The number of halogens is 1. The third-order valence-electron chi connectivity index (χ3n) is 3.32. The maximum absolute atomic E-state index is 9.44. The molecule has 1 heterocycles. The van der Waals surface area contributed by atoms with Crippen LogP contribution in [0.3, 0.4) is 0 Å². The SMILES string of the molecule is COc1ccc2nc(Cl)c(C#N)c(-c3ccccc3)c2c1. The minimum Gasteiger partial charge on any atom is -0.497 e. The van der Waals surface area contributed by atoms with Gasteiger partial charge in [-0.3, -0.25) is 0 Å². The number of benzene rings is 2. The first kappa shape index (κ1) is 13.4. The molecule has 1 aromatic heterocycles. The van der Waals surface area contributed by atoms with Gasteiger partial charge in [0.15, 0.2) is 0 Å². The Balaban J connectivity index is 2.46. The minimum atomic E-state index is 0.217. The maximum atomic E-state index is 9.44. The van der Waals surface area contributed by atoms with Gasteiger partial charge in [0.1, 0.15) is 17.0 Å². The van der Waals surface area contributed by atoms with E-state index in [1.807, 2.05) is 48.5 Å². The van der Waals surface area contributed by atoms with Crippen LogP contribution in [-0.2, 0) is 0 Å². The Morgan fingerprint density at radius 2 is 1.90 bits per heavy atom. The molecule has 0 aliphatic heterocycles. The molecule has 0 saturated carbocycles. The van der Waals surface area contributed by atoms with Crippen molar-refractivity contribution in [2.45, 2.75) is 0 Å². The molecule has 2 aromatic carbocycles. The van der Waals surface area contributed by atoms with Crippen molar-refractivity contribution in [1.29, 1.82) is 5.26 Å². The van der Waals surface area contributed by atoms with Crippen molar-refractivity contribution in [3.63, 3.8) is 0 Å². The van der Waals surface area contributed by atoms with E-state index in [2.05, 4.69) is 11.1 Å². The summed E-state index contributed by atoms with van der Waals surface area (Å²) >= 11 is 6.17. The average molecular weight is 295 g/mol. The number of nitrogens with zero attached hydrogens (tertiary/aromatic N) is 2. The van der Waals surface area contributed by atoms with Crippen LogP contribution in [0.25, 0.3) is 22.0 Å². The second kappa shape index (κ2) is 5.43. The molecule has 0 atom stereocenters. The Hall–Kier alpha value is -2.57. The first-order chi connectivity index (χ1) is 10.2. The van der Waals surface area contributed by atoms with Crippen molar-refractivity contribution in [2.75, 3.05) is 7.11 Å². The van der Waals surface area contributed by atoms with E-state index >= 15 is 0 Å². The van der Waals surface area contributed by atoms with E-state index in [4.69, 9.17) is 16.3 Å². The maximum Gasteiger partial charge on any atom is 0.148 e. The molecule has 0 saturated heterocycles. The third kappa shape index (κ3) is 2.31. The Bertz CT molecular complexity index is 854. The summed E-state index contributed by atoms with van der Waals surface area (Å²) in [7, 11) is 1.61. The summed E-state index contributed by atoms with van der Waals surface area (Å²) in [4.78, 5) is 4.30. The molecule has 0 spiro atoms. The number of hydrogen-bond donors (Lipinski definition) is 0. The predicted octanol–water partition coefficient (Wildman–Crippen LogP) is 4.44. The van der Waals surface area contributed by atoms with E-state index in [0.29, 0.717) is 11.3 Å². The molecule has 4 heteroatoms. The lowest BCUT2D eigenvalue weighted by molar-refractivity contribution is 0.415. The molecule has 21 heavy (non-hydrogen) atoms. The second-order valence-corrected chi connectivity index (χ2v) is 4.87. The summed E-state index contributed by atoms with van der Waals surface area (Å²) in [6, 6.07) is 17.4. The number of aromatic nitrogens is 1. The highest BCUT2D eigenvalue weighted by atomic mass is 35.5. The summed E-state index contributed by atoms with van der Waals surface area (Å²) in [6.07, 6.45) is 0. The Kier molecular flexibility index (Phi) is 3.47. The van der Waals surface area contributed by atoms with E-state index in [1.165, 1.54) is 0 Å². The Morgan fingerprint density at radius 3 is 2.57 bits per heavy atom. The lowest BCUT2D eigenvalue weighted by atomic mass is 9.97. The number of methoxy groups -OCH3 is 1. The highest BCUT2D eigenvalue weighted by Crippen LogP contribution is 2.36. The monoisotopic (exact) mass is 294 g/mol. The van der Waals surface area contributed by atoms with Gasteiger partial charge in [-0.25, -0.2) is 4.98 Å². The number of hydrogen-bond acceptors (Lipinski definition) is 3. The molecule has 0 fully saturated rings. The molecular weight excluding hydrogens is 284 g/mol. The molecule has 3 rings (SSSR count). The fraction of sp³-hybridized carbons (Fsp3) is 0.0588. The molecule has 0 amide bonds. The molecular formula is C17H11ClN2O. The molecule has 3 aromatic rings. The fourth-order valence-corrected chi connectivity index (χ4v) is 2.57. The van der Waals surface area contributed by atoms with Gasteiger partial charge in [-0.2, -0.15) is 5.26 Å². The van der Waals surface area contributed by atoms with E-state index < -0.39 is 0 Å². The summed E-state index contributed by atoms with van der Waals surface area (Å²) in [5, 5.41) is 10.5. The van der Waals surface area contributed by atoms with Crippen molar-refractivity contribution in [3.05, 3.63) is 59.2 Å². The Labute approximate surface area is 127 Å². The third-order valence-corrected chi connectivity index (χ3v) is 3.60. The standard InChI is InChI=1S/C17H11ClN2O/c1-21-12-7-8-15-13(9-12)16(11-5-3-2-4-6-11)14(10-19)17(18)20-15/h2-9H,1H3. The van der Waals surface area contributed by atoms with Crippen molar-refractivity contribution >= 4 is 22.5 Å². The Morgan fingerprint density at radius 1 is 1.14 bits per heavy atom. The molecule has 0 radical (unpaired) electrons. The largest absolute Gasteiger partial charge is 0.497 e. The molecule has 0 unspecified atom stereocenters. The molecule has 0 N–H and O–H groups in total. The summed E-state index contributed by atoms with van der Waals surface area (Å²) in [5.74, 6) is 0.715. The van der Waals surface area contributed by atoms with Gasteiger partial charge in [-0.05, 0) is 23.8 Å². The zero-order valence-electron chi connectivity index (χ0n) is 11.3. The van der Waals surface area contributed by atoms with Crippen molar-refractivity contribution in [3.8, 4) is 22.9 Å². The fourth-order valence-electron chi connectivity index (χ4n) is 2.35. The summed E-state index contributed by atoms with van der Waals surface area (Å²) in [6.45, 7) is 0. The number of nitriles is 1. The lowest BCUT2D eigenvalue weighted by Crippen LogP contribution is -1.93. The van der Waals surface area contributed by atoms with Crippen LogP contribution in [0.5, 0.6) is 5.75 Å². The van der Waals surface area contributed by atoms with Crippen LogP contribution in [0.15, 0.2) is 48.5 Å². The van der Waals surface area contributed by atoms with Crippen LogP contribution in [0.4, 0.5) is 0 Å². The molecule has 0 aliphatic carbocycles. The first-order valence-electron chi connectivity index (χ1n) is 6.37. The summed E-state index contributed by atoms with van der Waals surface area (Å²) < 4.78 is 5.27. The van der Waals surface area contributed by atoms with Gasteiger partial charge < -0.3 is 4.74 Å². The second-order valence-electron chi connectivity index (χ2n) is 4.51. The van der Waals surface area contributed by atoms with E-state index in [0.717, 1.165) is 22.0 Å². The van der Waals surface area contributed by atoms with Gasteiger partial charge in [0.25, 0.3) is 0 Å². The van der Waals surface area contributed by atoms with E-state index in [-0.39, 0.29) is 5.15 Å². The van der Waals surface area contributed by atoms with Gasteiger partial charge in [-0.1, -0.05) is 41.9 Å². The lowest BCUT2D eigenvalue weighted by Gasteiger charge is -2.11. The highest BCUT2D eigenvalue weighted by molar-refractivity contribution is 6.31. The van der Waals surface area contributed by atoms with Crippen molar-refractivity contribution < 1.29 is 4.74 Å². The van der Waals surface area contributed by atoms with Crippen LogP contribution in [0.1, 0.15) is 5.56 Å². The molecule has 0 aliphatic rings.